The minimum Gasteiger partial charge on any atom is -0.550 e. The summed E-state index contributed by atoms with van der Waals surface area (Å²) >= 11 is 0. The topological polar surface area (TPSA) is 40.1 Å². The Balaban J connectivity index is 0. The molecule has 23 heavy (non-hydrogen) atoms. The van der Waals surface area contributed by atoms with E-state index in [-0.39, 0.29) is 51.9 Å². The Hall–Kier alpha value is 0.951. The normalized spacial score (nSPS) is 10.5. The molecule has 0 fully saturated rings. The molecule has 0 saturated carbocycles. The van der Waals surface area contributed by atoms with E-state index in [0.29, 0.717) is 0 Å². The van der Waals surface area contributed by atoms with Crippen LogP contribution in [0.25, 0.3) is 0 Å². The average molecular weight is 399 g/mol. The summed E-state index contributed by atoms with van der Waals surface area (Å²) in [5.74, 6) is -0.902. The van der Waals surface area contributed by atoms with E-state index in [1.54, 1.807) is 0 Å². The molecule has 0 unspecified atom stereocenters. The minimum atomic E-state index is -0.902. The van der Waals surface area contributed by atoms with Gasteiger partial charge in [-0.3, -0.25) is 0 Å². The van der Waals surface area contributed by atoms with Gasteiger partial charge in [-0.25, -0.2) is 0 Å². The van der Waals surface area contributed by atoms with Crippen LogP contribution in [0.2, 0.25) is 0 Å². The van der Waals surface area contributed by atoms with Gasteiger partial charge >= 0.3 is 45.5 Å². The number of carbonyl (C=O) groups excluding carboxylic acids is 1. The third kappa shape index (κ3) is 25.3. The van der Waals surface area contributed by atoms with Gasteiger partial charge in [-0.15, -0.1) is 0 Å². The summed E-state index contributed by atoms with van der Waals surface area (Å²) in [6.45, 7) is 2.27. The smallest absolute Gasteiger partial charge is 0.550 e. The van der Waals surface area contributed by atoms with Crippen LogP contribution in [-0.4, -0.2) is 51.5 Å². The third-order valence-electron chi connectivity index (χ3n) is 4.48. The van der Waals surface area contributed by atoms with Gasteiger partial charge in [-0.1, -0.05) is 110 Å². The van der Waals surface area contributed by atoms with Crippen LogP contribution in [0.3, 0.4) is 0 Å². The molecule has 0 spiro atoms. The first-order valence-corrected chi connectivity index (χ1v) is 9.97. The van der Waals surface area contributed by atoms with E-state index in [4.69, 9.17) is 0 Å². The molecule has 0 aromatic carbocycles. The first kappa shape index (κ1) is 26.2. The maximum atomic E-state index is 10.2. The van der Waals surface area contributed by atoms with Crippen molar-refractivity contribution in [1.29, 1.82) is 0 Å². The molecule has 0 rings (SSSR count). The van der Waals surface area contributed by atoms with Crippen LogP contribution in [0, 0.1) is 0 Å². The standard InChI is InChI=1S/C20H40O2.Sr/c1-2-3-4-5-6-7-8-9-10-11-12-13-14-15-16-17-18-19-20(21)22;/h2-19H2,1H3,(H,21,22);/q;+2/p-1. The Morgan fingerprint density at radius 1 is 0.565 bits per heavy atom. The van der Waals surface area contributed by atoms with Crippen molar-refractivity contribution in [3.8, 4) is 0 Å². The summed E-state index contributed by atoms with van der Waals surface area (Å²) in [5.41, 5.74) is 0. The molecule has 0 aromatic heterocycles. The van der Waals surface area contributed by atoms with E-state index in [1.807, 2.05) is 0 Å². The van der Waals surface area contributed by atoms with Crippen LogP contribution in [0.15, 0.2) is 0 Å². The Labute approximate surface area is 182 Å². The number of carboxylic acid groups (broad SMARTS) is 1. The minimum absolute atomic E-state index is 0. The number of rotatable bonds is 18. The summed E-state index contributed by atoms with van der Waals surface area (Å²) in [5, 5.41) is 10.2. The molecule has 0 atom stereocenters. The first-order valence-electron chi connectivity index (χ1n) is 9.97. The fourth-order valence-corrected chi connectivity index (χ4v) is 2.99. The van der Waals surface area contributed by atoms with Gasteiger partial charge in [-0.2, -0.15) is 0 Å². The summed E-state index contributed by atoms with van der Waals surface area (Å²) < 4.78 is 0. The van der Waals surface area contributed by atoms with Crippen LogP contribution in [0.5, 0.6) is 0 Å². The van der Waals surface area contributed by atoms with Gasteiger partial charge in [0.15, 0.2) is 0 Å². The van der Waals surface area contributed by atoms with Crippen molar-refractivity contribution in [2.75, 3.05) is 0 Å². The van der Waals surface area contributed by atoms with Crippen LogP contribution >= 0.6 is 0 Å². The van der Waals surface area contributed by atoms with Crippen molar-refractivity contribution in [3.05, 3.63) is 0 Å². The van der Waals surface area contributed by atoms with Crippen molar-refractivity contribution in [1.82, 2.24) is 0 Å². The Kier molecular flexibility index (Phi) is 26.1. The second-order valence-corrected chi connectivity index (χ2v) is 6.78. The van der Waals surface area contributed by atoms with Crippen LogP contribution in [0.4, 0.5) is 0 Å². The van der Waals surface area contributed by atoms with Gasteiger partial charge in [0, 0.05) is 5.97 Å². The molecule has 0 heterocycles. The SMILES string of the molecule is CCCCCCCCCCCCCCCCCCCC(=O)[O-].[Sr+2]. The zero-order chi connectivity index (χ0) is 16.3. The van der Waals surface area contributed by atoms with E-state index in [1.165, 1.54) is 96.3 Å². The second-order valence-electron chi connectivity index (χ2n) is 6.78. The van der Waals surface area contributed by atoms with Gasteiger partial charge in [0.1, 0.15) is 0 Å². The fraction of sp³-hybridized carbons (Fsp3) is 0.950. The molecule has 0 bridgehead atoms. The zero-order valence-electron chi connectivity index (χ0n) is 15.8. The summed E-state index contributed by atoms with van der Waals surface area (Å²) in [4.78, 5) is 10.2. The second kappa shape index (κ2) is 23.0. The Morgan fingerprint density at radius 3 is 1.09 bits per heavy atom. The molecule has 0 aromatic rings. The van der Waals surface area contributed by atoms with Gasteiger partial charge in [0.05, 0.1) is 0 Å². The molecule has 0 N–H and O–H groups in total. The molecule has 132 valence electrons. The maximum Gasteiger partial charge on any atom is 2.00 e. The molecular weight excluding hydrogens is 360 g/mol. The zero-order valence-corrected chi connectivity index (χ0v) is 19.2. The van der Waals surface area contributed by atoms with Crippen molar-refractivity contribution in [2.24, 2.45) is 0 Å². The molecule has 0 aliphatic rings. The third-order valence-corrected chi connectivity index (χ3v) is 4.48. The van der Waals surface area contributed by atoms with Crippen LogP contribution < -0.4 is 5.11 Å². The van der Waals surface area contributed by atoms with E-state index >= 15 is 0 Å². The predicted octanol–water partition coefficient (Wildman–Crippen LogP) is 5.40. The number of hydrogen-bond donors (Lipinski definition) is 0. The summed E-state index contributed by atoms with van der Waals surface area (Å²) in [6, 6.07) is 0. The van der Waals surface area contributed by atoms with Crippen LogP contribution in [0.1, 0.15) is 122 Å². The van der Waals surface area contributed by atoms with Gasteiger partial charge in [0.2, 0.25) is 0 Å². The van der Waals surface area contributed by atoms with E-state index in [9.17, 15) is 9.90 Å². The van der Waals surface area contributed by atoms with E-state index < -0.39 is 5.97 Å². The van der Waals surface area contributed by atoms with Crippen molar-refractivity contribution >= 4 is 51.5 Å². The number of aliphatic carboxylic acids is 1. The maximum absolute atomic E-state index is 10.2. The number of carboxylic acids is 1. The summed E-state index contributed by atoms with van der Waals surface area (Å²) in [7, 11) is 0. The van der Waals surface area contributed by atoms with Crippen molar-refractivity contribution in [2.45, 2.75) is 122 Å². The molecule has 0 radical (unpaired) electrons. The van der Waals surface area contributed by atoms with E-state index in [2.05, 4.69) is 6.92 Å². The largest absolute Gasteiger partial charge is 2.00 e. The molecule has 0 saturated heterocycles. The van der Waals surface area contributed by atoms with Gasteiger partial charge in [0.25, 0.3) is 0 Å². The van der Waals surface area contributed by atoms with Gasteiger partial charge < -0.3 is 9.90 Å². The molecule has 3 heteroatoms. The average Bonchev–Trinajstić information content (AvgIpc) is 2.50. The predicted molar refractivity (Wildman–Crippen MR) is 99.5 cm³/mol. The van der Waals surface area contributed by atoms with Crippen molar-refractivity contribution in [3.63, 3.8) is 0 Å². The van der Waals surface area contributed by atoms with E-state index in [0.717, 1.165) is 12.8 Å². The molecule has 2 nitrogen and oxygen atoms in total. The summed E-state index contributed by atoms with van der Waals surface area (Å²) in [6.07, 6.45) is 22.8. The van der Waals surface area contributed by atoms with Gasteiger partial charge in [-0.05, 0) is 12.8 Å². The number of hydrogen-bond acceptors (Lipinski definition) is 2. The molecule has 0 aliphatic carbocycles. The fourth-order valence-electron chi connectivity index (χ4n) is 2.99. The molecule has 0 amide bonds. The van der Waals surface area contributed by atoms with Crippen molar-refractivity contribution < 1.29 is 9.90 Å². The monoisotopic (exact) mass is 399 g/mol. The Bertz CT molecular complexity index is 232. The Morgan fingerprint density at radius 2 is 0.826 bits per heavy atom. The first-order chi connectivity index (χ1) is 10.8. The quantitative estimate of drug-likeness (QED) is 0.229. The number of carbonyl (C=O) groups is 1. The van der Waals surface area contributed by atoms with Crippen LogP contribution in [-0.2, 0) is 4.79 Å². The molecular formula is C20H39O2Sr+. The molecule has 0 aliphatic heterocycles. The number of unbranched alkanes of at least 4 members (excludes halogenated alkanes) is 16.